The van der Waals surface area contributed by atoms with Crippen LogP contribution >= 0.6 is 0 Å². The maximum Gasteiger partial charge on any atom is 0.341 e. The topological polar surface area (TPSA) is 141 Å². The van der Waals surface area contributed by atoms with Gasteiger partial charge in [0.15, 0.2) is 0 Å². The van der Waals surface area contributed by atoms with Crippen LogP contribution in [0.15, 0.2) is 18.2 Å². The van der Waals surface area contributed by atoms with E-state index in [1.54, 1.807) is 6.92 Å². The summed E-state index contributed by atoms with van der Waals surface area (Å²) in [7, 11) is 0. The minimum atomic E-state index is -1.02. The van der Waals surface area contributed by atoms with Crippen molar-refractivity contribution in [2.45, 2.75) is 6.92 Å². The summed E-state index contributed by atoms with van der Waals surface area (Å²) in [5.74, 6) is -5.15. The molecule has 128 valence electrons. The van der Waals surface area contributed by atoms with E-state index in [2.05, 4.69) is 0 Å². The highest BCUT2D eigenvalue weighted by Gasteiger charge is 2.38. The lowest BCUT2D eigenvalue weighted by atomic mass is 9.83. The van der Waals surface area contributed by atoms with Crippen LogP contribution in [0.1, 0.15) is 49.1 Å². The lowest BCUT2D eigenvalue weighted by Gasteiger charge is -2.21. The van der Waals surface area contributed by atoms with Crippen molar-refractivity contribution in [1.82, 2.24) is 0 Å². The molecule has 0 amide bonds. The minimum Gasteiger partial charge on any atom is -0.507 e. The molecule has 0 aliphatic heterocycles. The number of carbonyl (C=O) groups is 3. The summed E-state index contributed by atoms with van der Waals surface area (Å²) in [5, 5.41) is 39.7. The van der Waals surface area contributed by atoms with Crippen molar-refractivity contribution in [3.63, 3.8) is 0 Å². The molecule has 8 heteroatoms. The lowest BCUT2D eigenvalue weighted by molar-refractivity contribution is 0.0523. The molecule has 0 aromatic heterocycles. The van der Waals surface area contributed by atoms with Gasteiger partial charge in [-0.15, -0.1) is 0 Å². The molecule has 2 aliphatic rings. The van der Waals surface area contributed by atoms with Gasteiger partial charge in [0.2, 0.25) is 11.6 Å². The molecule has 0 saturated carbocycles. The van der Waals surface area contributed by atoms with Gasteiger partial charge in [0.1, 0.15) is 39.7 Å². The summed E-state index contributed by atoms with van der Waals surface area (Å²) < 4.78 is 4.75. The Balaban J connectivity index is 2.12. The Morgan fingerprint density at radius 3 is 2.24 bits per heavy atom. The van der Waals surface area contributed by atoms with Crippen molar-refractivity contribution in [3.05, 3.63) is 46.0 Å². The first kappa shape index (κ1) is 16.3. The van der Waals surface area contributed by atoms with Gasteiger partial charge in [-0.3, -0.25) is 9.59 Å². The number of benzene rings is 2. The van der Waals surface area contributed by atoms with Crippen molar-refractivity contribution in [1.29, 1.82) is 0 Å². The predicted octanol–water partition coefficient (Wildman–Crippen LogP) is 1.46. The number of fused-ring (bicyclic) bond motifs is 2. The Kier molecular flexibility index (Phi) is 3.60. The lowest BCUT2D eigenvalue weighted by Crippen LogP contribution is -2.18. The summed E-state index contributed by atoms with van der Waals surface area (Å²) in [6.45, 7) is 1.60. The molecule has 4 N–H and O–H groups in total. The van der Waals surface area contributed by atoms with Crippen LogP contribution in [0.3, 0.4) is 0 Å². The van der Waals surface area contributed by atoms with Crippen molar-refractivity contribution in [3.8, 4) is 23.0 Å². The van der Waals surface area contributed by atoms with E-state index in [0.29, 0.717) is 0 Å². The fraction of sp³-hybridized carbons (Fsp3) is 0.118. The SMILES string of the molecule is CCOC(=O)c1ccc(O)c(C(=O)c2cc3c(O)c(c2O)C3=O)c1O. The summed E-state index contributed by atoms with van der Waals surface area (Å²) in [6.07, 6.45) is 0. The number of phenols is 4. The summed E-state index contributed by atoms with van der Waals surface area (Å²) in [5.41, 5.74) is -1.92. The molecule has 4 rings (SSSR count). The number of esters is 1. The van der Waals surface area contributed by atoms with Crippen LogP contribution in [-0.4, -0.2) is 44.6 Å². The normalized spacial score (nSPS) is 11.8. The van der Waals surface area contributed by atoms with Gasteiger partial charge in [0.05, 0.1) is 17.7 Å². The number of aromatic hydroxyl groups is 4. The van der Waals surface area contributed by atoms with Crippen LogP contribution < -0.4 is 0 Å². The first-order valence-corrected chi connectivity index (χ1v) is 7.19. The molecular weight excluding hydrogens is 332 g/mol. The third kappa shape index (κ3) is 2.18. The van der Waals surface area contributed by atoms with Crippen molar-refractivity contribution < 1.29 is 39.5 Å². The fourth-order valence-corrected chi connectivity index (χ4v) is 2.61. The molecular formula is C17H12O8. The maximum absolute atomic E-state index is 12.6. The van der Waals surface area contributed by atoms with Crippen LogP contribution in [0.25, 0.3) is 0 Å². The van der Waals surface area contributed by atoms with Gasteiger partial charge in [-0.2, -0.15) is 0 Å². The zero-order valence-electron chi connectivity index (χ0n) is 12.9. The van der Waals surface area contributed by atoms with E-state index in [1.807, 2.05) is 0 Å². The molecule has 0 saturated heterocycles. The molecule has 25 heavy (non-hydrogen) atoms. The van der Waals surface area contributed by atoms with Gasteiger partial charge in [0, 0.05) is 0 Å². The van der Waals surface area contributed by atoms with Crippen LogP contribution in [0.4, 0.5) is 0 Å². The number of phenolic OH excluding ortho intramolecular Hbond substituents is 4. The smallest absolute Gasteiger partial charge is 0.341 e. The summed E-state index contributed by atoms with van der Waals surface area (Å²) in [6, 6.07) is 3.07. The minimum absolute atomic E-state index is 0.0377. The Morgan fingerprint density at radius 2 is 1.68 bits per heavy atom. The molecule has 2 aromatic rings. The standard InChI is InChI=1S/C17H12O8/c1-2-25-17(24)6-3-4-9(18)10(12(6)19)13(20)7-5-8-15(22)11(14(7)21)16(8)23/h3-5,18-19,21-22H,2H2,1H3. The van der Waals surface area contributed by atoms with Crippen molar-refractivity contribution in [2.75, 3.05) is 6.61 Å². The Hall–Kier alpha value is -3.55. The second kappa shape index (κ2) is 5.52. The number of ketones is 2. The van der Waals surface area contributed by atoms with E-state index in [4.69, 9.17) is 4.74 Å². The number of ether oxygens (including phenoxy) is 1. The van der Waals surface area contributed by atoms with Crippen LogP contribution in [0.2, 0.25) is 0 Å². The van der Waals surface area contributed by atoms with E-state index in [-0.39, 0.29) is 17.7 Å². The Labute approximate surface area is 140 Å². The van der Waals surface area contributed by atoms with E-state index >= 15 is 0 Å². The monoisotopic (exact) mass is 344 g/mol. The molecule has 8 nitrogen and oxygen atoms in total. The number of rotatable bonds is 4. The second-order valence-corrected chi connectivity index (χ2v) is 5.28. The Bertz CT molecular complexity index is 958. The number of hydrogen-bond donors (Lipinski definition) is 4. The highest BCUT2D eigenvalue weighted by molar-refractivity contribution is 6.27. The maximum atomic E-state index is 12.6. The highest BCUT2D eigenvalue weighted by atomic mass is 16.5. The number of hydrogen-bond acceptors (Lipinski definition) is 8. The van der Waals surface area contributed by atoms with E-state index < -0.39 is 57.2 Å². The molecule has 2 aromatic carbocycles. The van der Waals surface area contributed by atoms with Gasteiger partial charge in [-0.05, 0) is 25.1 Å². The van der Waals surface area contributed by atoms with Crippen LogP contribution in [-0.2, 0) is 4.74 Å². The van der Waals surface area contributed by atoms with Crippen molar-refractivity contribution >= 4 is 17.5 Å². The Morgan fingerprint density at radius 1 is 1.00 bits per heavy atom. The van der Waals surface area contributed by atoms with E-state index in [0.717, 1.165) is 18.2 Å². The first-order chi connectivity index (χ1) is 11.8. The molecule has 0 fully saturated rings. The van der Waals surface area contributed by atoms with E-state index in [9.17, 15) is 34.8 Å². The van der Waals surface area contributed by atoms with Gasteiger partial charge in [-0.1, -0.05) is 0 Å². The zero-order valence-corrected chi connectivity index (χ0v) is 12.9. The molecule has 2 bridgehead atoms. The largest absolute Gasteiger partial charge is 0.507 e. The van der Waals surface area contributed by atoms with Crippen LogP contribution in [0.5, 0.6) is 23.0 Å². The first-order valence-electron chi connectivity index (χ1n) is 7.19. The molecule has 0 atom stereocenters. The third-order valence-corrected chi connectivity index (χ3v) is 3.87. The summed E-state index contributed by atoms with van der Waals surface area (Å²) >= 11 is 0. The molecule has 0 spiro atoms. The molecule has 0 radical (unpaired) electrons. The quantitative estimate of drug-likeness (QED) is 0.412. The average Bonchev–Trinajstić information content (AvgIpc) is 2.55. The molecule has 0 heterocycles. The zero-order chi connectivity index (χ0) is 18.5. The molecule has 0 unspecified atom stereocenters. The van der Waals surface area contributed by atoms with Gasteiger partial charge in [0.25, 0.3) is 0 Å². The summed E-state index contributed by atoms with van der Waals surface area (Å²) in [4.78, 5) is 36.0. The predicted molar refractivity (Wildman–Crippen MR) is 82.4 cm³/mol. The van der Waals surface area contributed by atoms with E-state index in [1.165, 1.54) is 0 Å². The average molecular weight is 344 g/mol. The van der Waals surface area contributed by atoms with Crippen molar-refractivity contribution in [2.24, 2.45) is 0 Å². The van der Waals surface area contributed by atoms with Gasteiger partial charge >= 0.3 is 5.97 Å². The molecule has 2 aliphatic carbocycles. The van der Waals surface area contributed by atoms with Crippen LogP contribution in [0, 0.1) is 0 Å². The van der Waals surface area contributed by atoms with Gasteiger partial charge in [-0.25, -0.2) is 4.79 Å². The highest BCUT2D eigenvalue weighted by Crippen LogP contribution is 2.46. The number of carbonyl (C=O) groups excluding carboxylic acids is 3. The third-order valence-electron chi connectivity index (χ3n) is 3.87. The van der Waals surface area contributed by atoms with Gasteiger partial charge < -0.3 is 25.2 Å². The fourth-order valence-electron chi connectivity index (χ4n) is 2.61. The second-order valence-electron chi connectivity index (χ2n) is 5.28.